The fourth-order valence-corrected chi connectivity index (χ4v) is 5.43. The molecule has 0 saturated carbocycles. The summed E-state index contributed by atoms with van der Waals surface area (Å²) in [5.74, 6) is 0.866. The van der Waals surface area contributed by atoms with Crippen LogP contribution >= 0.6 is 0 Å². The number of nitrogens with one attached hydrogen (secondary N) is 1. The van der Waals surface area contributed by atoms with Gasteiger partial charge in [-0.3, -0.25) is 9.69 Å². The van der Waals surface area contributed by atoms with E-state index in [2.05, 4.69) is 51.7 Å². The zero-order chi connectivity index (χ0) is 27.0. The SMILES string of the molecule is CCCCN(CCCC)Cc1ccc2nc(NCCCCCC(=O)OC)n(CCCN3CCCCC3)c2c1. The number of rotatable bonds is 19. The topological polar surface area (TPSA) is 62.6 Å². The van der Waals surface area contributed by atoms with Crippen molar-refractivity contribution in [3.05, 3.63) is 23.8 Å². The van der Waals surface area contributed by atoms with Crippen molar-refractivity contribution in [2.24, 2.45) is 0 Å². The molecule has 0 radical (unpaired) electrons. The Morgan fingerprint density at radius 3 is 2.45 bits per heavy atom. The standard InChI is InChI=1S/C31H53N5O2/c1-4-6-19-35(20-7-5-2)26-27-16-17-28-29(25-27)36(24-14-23-34-21-12-9-13-22-34)31(33-28)32-18-11-8-10-15-30(37)38-3/h16-17,25H,4-15,18-24,26H2,1-3H3,(H,32,33). The van der Waals surface area contributed by atoms with Gasteiger partial charge in [-0.15, -0.1) is 0 Å². The Labute approximate surface area is 231 Å². The van der Waals surface area contributed by atoms with Crippen LogP contribution in [0.25, 0.3) is 11.0 Å². The molecule has 7 nitrogen and oxygen atoms in total. The van der Waals surface area contributed by atoms with Crippen molar-refractivity contribution < 1.29 is 9.53 Å². The maximum Gasteiger partial charge on any atom is 0.305 e. The number of methoxy groups -OCH3 is 1. The predicted molar refractivity (Wildman–Crippen MR) is 159 cm³/mol. The number of aryl methyl sites for hydroxylation is 1. The van der Waals surface area contributed by atoms with Crippen LogP contribution in [0, 0.1) is 0 Å². The number of imidazole rings is 1. The molecule has 0 aliphatic carbocycles. The van der Waals surface area contributed by atoms with Crippen LogP contribution in [0.1, 0.15) is 96.5 Å². The van der Waals surface area contributed by atoms with E-state index in [1.54, 1.807) is 0 Å². The van der Waals surface area contributed by atoms with Gasteiger partial charge < -0.3 is 19.5 Å². The number of esters is 1. The quantitative estimate of drug-likeness (QED) is 0.167. The van der Waals surface area contributed by atoms with E-state index in [9.17, 15) is 4.79 Å². The lowest BCUT2D eigenvalue weighted by atomic mass is 10.1. The number of ether oxygens (including phenoxy) is 1. The van der Waals surface area contributed by atoms with Crippen LogP contribution in [0.4, 0.5) is 5.95 Å². The van der Waals surface area contributed by atoms with Crippen molar-refractivity contribution in [3.8, 4) is 0 Å². The molecule has 1 aliphatic heterocycles. The number of anilines is 1. The molecule has 0 atom stereocenters. The van der Waals surface area contributed by atoms with Gasteiger partial charge in [0, 0.05) is 26.1 Å². The van der Waals surface area contributed by atoms with Crippen LogP contribution in [0.2, 0.25) is 0 Å². The summed E-state index contributed by atoms with van der Waals surface area (Å²) in [7, 11) is 1.46. The molecular formula is C31H53N5O2. The van der Waals surface area contributed by atoms with Crippen molar-refractivity contribution >= 4 is 23.0 Å². The minimum absolute atomic E-state index is 0.118. The highest BCUT2D eigenvalue weighted by Crippen LogP contribution is 2.23. The largest absolute Gasteiger partial charge is 0.469 e. The lowest BCUT2D eigenvalue weighted by Gasteiger charge is -2.26. The van der Waals surface area contributed by atoms with Crippen molar-refractivity contribution in [1.82, 2.24) is 19.4 Å². The average molecular weight is 528 g/mol. The highest BCUT2D eigenvalue weighted by atomic mass is 16.5. The van der Waals surface area contributed by atoms with E-state index in [4.69, 9.17) is 9.72 Å². The molecule has 1 fully saturated rings. The number of likely N-dealkylation sites (tertiary alicyclic amines) is 1. The number of carbonyl (C=O) groups is 1. The van der Waals surface area contributed by atoms with Gasteiger partial charge in [-0.2, -0.15) is 0 Å². The number of unbranched alkanes of at least 4 members (excludes halogenated alkanes) is 4. The molecule has 214 valence electrons. The predicted octanol–water partition coefficient (Wildman–Crippen LogP) is 6.46. The van der Waals surface area contributed by atoms with Gasteiger partial charge >= 0.3 is 5.97 Å². The van der Waals surface area contributed by atoms with Gasteiger partial charge in [-0.05, 0) is 95.4 Å². The fraction of sp³-hybridized carbons (Fsp3) is 0.742. The Morgan fingerprint density at radius 1 is 0.974 bits per heavy atom. The number of aromatic nitrogens is 2. The van der Waals surface area contributed by atoms with Gasteiger partial charge in [0.25, 0.3) is 0 Å². The molecule has 1 saturated heterocycles. The fourth-order valence-electron chi connectivity index (χ4n) is 5.43. The third kappa shape index (κ3) is 10.2. The second-order valence-corrected chi connectivity index (χ2v) is 11.0. The van der Waals surface area contributed by atoms with Gasteiger partial charge in [0.2, 0.25) is 5.95 Å². The van der Waals surface area contributed by atoms with Crippen LogP contribution in [-0.4, -0.2) is 71.7 Å². The summed E-state index contributed by atoms with van der Waals surface area (Å²) in [5.41, 5.74) is 3.71. The summed E-state index contributed by atoms with van der Waals surface area (Å²) in [6, 6.07) is 6.87. The Kier molecular flexibility index (Phi) is 14.0. The molecule has 0 unspecified atom stereocenters. The van der Waals surface area contributed by atoms with E-state index in [1.807, 2.05) is 0 Å². The molecule has 1 aromatic heterocycles. The molecule has 7 heteroatoms. The Hall–Kier alpha value is -2.12. The Balaban J connectivity index is 1.68. The zero-order valence-electron chi connectivity index (χ0n) is 24.5. The zero-order valence-corrected chi connectivity index (χ0v) is 24.5. The number of fused-ring (bicyclic) bond motifs is 1. The van der Waals surface area contributed by atoms with Crippen molar-refractivity contribution in [3.63, 3.8) is 0 Å². The lowest BCUT2D eigenvalue weighted by Crippen LogP contribution is -2.31. The number of hydrogen-bond acceptors (Lipinski definition) is 6. The number of nitrogens with zero attached hydrogens (tertiary/aromatic N) is 4. The smallest absolute Gasteiger partial charge is 0.305 e. The first-order valence-corrected chi connectivity index (χ1v) is 15.4. The second kappa shape index (κ2) is 17.5. The maximum atomic E-state index is 11.4. The van der Waals surface area contributed by atoms with E-state index in [0.29, 0.717) is 6.42 Å². The summed E-state index contributed by atoms with van der Waals surface area (Å²) >= 11 is 0. The molecule has 0 amide bonds. The highest BCUT2D eigenvalue weighted by Gasteiger charge is 2.15. The van der Waals surface area contributed by atoms with Crippen molar-refractivity contribution in [1.29, 1.82) is 0 Å². The van der Waals surface area contributed by atoms with Gasteiger partial charge in [-0.25, -0.2) is 4.98 Å². The summed E-state index contributed by atoms with van der Waals surface area (Å²) in [6.07, 6.45) is 13.6. The average Bonchev–Trinajstić information content (AvgIpc) is 3.28. The third-order valence-electron chi connectivity index (χ3n) is 7.75. The molecule has 0 spiro atoms. The highest BCUT2D eigenvalue weighted by molar-refractivity contribution is 5.79. The summed E-state index contributed by atoms with van der Waals surface area (Å²) in [4.78, 5) is 21.6. The molecular weight excluding hydrogens is 474 g/mol. The van der Waals surface area contributed by atoms with Gasteiger partial charge in [0.05, 0.1) is 18.1 Å². The lowest BCUT2D eigenvalue weighted by molar-refractivity contribution is -0.140. The molecule has 2 heterocycles. The van der Waals surface area contributed by atoms with E-state index < -0.39 is 0 Å². The summed E-state index contributed by atoms with van der Waals surface area (Å²) < 4.78 is 7.17. The van der Waals surface area contributed by atoms with Crippen LogP contribution in [0.15, 0.2) is 18.2 Å². The number of carbonyl (C=O) groups excluding carboxylic acids is 1. The first-order valence-electron chi connectivity index (χ1n) is 15.4. The minimum Gasteiger partial charge on any atom is -0.469 e. The van der Waals surface area contributed by atoms with Gasteiger partial charge in [0.1, 0.15) is 0 Å². The number of benzene rings is 1. The van der Waals surface area contributed by atoms with Gasteiger partial charge in [0.15, 0.2) is 0 Å². The Morgan fingerprint density at radius 2 is 1.74 bits per heavy atom. The van der Waals surface area contributed by atoms with E-state index in [-0.39, 0.29) is 5.97 Å². The first-order chi connectivity index (χ1) is 18.6. The normalized spacial score (nSPS) is 14.4. The third-order valence-corrected chi connectivity index (χ3v) is 7.75. The number of piperidine rings is 1. The van der Waals surface area contributed by atoms with E-state index in [1.165, 1.54) is 89.3 Å². The van der Waals surface area contributed by atoms with Crippen LogP contribution < -0.4 is 5.32 Å². The van der Waals surface area contributed by atoms with E-state index in [0.717, 1.165) is 63.3 Å². The number of hydrogen-bond donors (Lipinski definition) is 1. The Bertz CT molecular complexity index is 930. The molecule has 1 N–H and O–H groups in total. The summed E-state index contributed by atoms with van der Waals surface area (Å²) in [6.45, 7) is 13.4. The molecule has 2 aromatic rings. The molecule has 3 rings (SSSR count). The second-order valence-electron chi connectivity index (χ2n) is 11.0. The molecule has 1 aliphatic rings. The van der Waals surface area contributed by atoms with Crippen LogP contribution in [-0.2, 0) is 22.6 Å². The van der Waals surface area contributed by atoms with Crippen LogP contribution in [0.5, 0.6) is 0 Å². The summed E-state index contributed by atoms with van der Waals surface area (Å²) in [5, 5.41) is 3.62. The van der Waals surface area contributed by atoms with Crippen molar-refractivity contribution in [2.45, 2.75) is 104 Å². The molecule has 0 bridgehead atoms. The first kappa shape index (κ1) is 30.4. The van der Waals surface area contributed by atoms with E-state index >= 15 is 0 Å². The van der Waals surface area contributed by atoms with Gasteiger partial charge in [-0.1, -0.05) is 45.6 Å². The molecule has 38 heavy (non-hydrogen) atoms. The van der Waals surface area contributed by atoms with Crippen LogP contribution in [0.3, 0.4) is 0 Å². The van der Waals surface area contributed by atoms with Crippen molar-refractivity contribution in [2.75, 3.05) is 51.7 Å². The molecule has 1 aromatic carbocycles. The maximum absolute atomic E-state index is 11.4. The minimum atomic E-state index is -0.118. The monoisotopic (exact) mass is 527 g/mol.